The Morgan fingerprint density at radius 2 is 1.57 bits per heavy atom. The van der Waals surface area contributed by atoms with Crippen LogP contribution in [0.25, 0.3) is 11.1 Å². The number of benzene rings is 2. The monoisotopic (exact) mass is 410 g/mol. The van der Waals surface area contributed by atoms with Crippen LogP contribution in [0.3, 0.4) is 0 Å². The van der Waals surface area contributed by atoms with Gasteiger partial charge >= 0.3 is 12.1 Å². The van der Waals surface area contributed by atoms with E-state index in [4.69, 9.17) is 9.84 Å². The number of carboxylic acids is 1. The molecule has 0 aliphatic heterocycles. The van der Waals surface area contributed by atoms with Crippen LogP contribution in [0.15, 0.2) is 48.5 Å². The predicted molar refractivity (Wildman–Crippen MR) is 112 cm³/mol. The van der Waals surface area contributed by atoms with Crippen LogP contribution in [0.2, 0.25) is 0 Å². The molecule has 1 atom stereocenters. The first-order chi connectivity index (χ1) is 14.4. The van der Waals surface area contributed by atoms with Crippen LogP contribution in [-0.4, -0.2) is 42.8 Å². The second-order valence-electron chi connectivity index (χ2n) is 7.67. The van der Waals surface area contributed by atoms with Gasteiger partial charge < -0.3 is 20.5 Å². The number of hydrogen-bond acceptors (Lipinski definition) is 4. The van der Waals surface area contributed by atoms with Crippen LogP contribution in [0.5, 0.6) is 0 Å². The lowest BCUT2D eigenvalue weighted by molar-refractivity contribution is -0.139. The zero-order valence-electron chi connectivity index (χ0n) is 17.1. The standard InChI is InChI=1S/C23H26N2O5/c1-3-23(2,21(28)24-12-20(26)27)14-25-22(29)30-13-19-17-10-6-4-8-15(17)16-9-5-7-11-18(16)19/h4-11,19H,3,12-14H2,1-2H3,(H,24,28)(H,25,29)(H,26,27). The summed E-state index contributed by atoms with van der Waals surface area (Å²) in [6.07, 6.45) is -0.176. The van der Waals surface area contributed by atoms with E-state index in [0.29, 0.717) is 6.42 Å². The molecule has 1 aliphatic rings. The molecule has 7 heteroatoms. The fourth-order valence-corrected chi connectivity index (χ4v) is 3.65. The van der Waals surface area contributed by atoms with Crippen LogP contribution in [0.1, 0.15) is 37.3 Å². The Labute approximate surface area is 175 Å². The minimum Gasteiger partial charge on any atom is -0.480 e. The maximum absolute atomic E-state index is 12.3. The normalized spacial score (nSPS) is 14.2. The van der Waals surface area contributed by atoms with E-state index >= 15 is 0 Å². The third kappa shape index (κ3) is 4.45. The van der Waals surface area contributed by atoms with Gasteiger partial charge in [-0.2, -0.15) is 0 Å². The molecule has 2 aromatic carbocycles. The molecule has 0 radical (unpaired) electrons. The van der Waals surface area contributed by atoms with Crippen molar-refractivity contribution in [2.75, 3.05) is 19.7 Å². The molecule has 0 fully saturated rings. The zero-order valence-corrected chi connectivity index (χ0v) is 17.1. The smallest absolute Gasteiger partial charge is 0.407 e. The third-order valence-electron chi connectivity index (χ3n) is 5.70. The van der Waals surface area contributed by atoms with E-state index in [1.165, 1.54) is 0 Å². The molecule has 0 bridgehead atoms. The lowest BCUT2D eigenvalue weighted by Crippen LogP contribution is -2.47. The fraction of sp³-hybridized carbons (Fsp3) is 0.348. The minimum absolute atomic E-state index is 0.0421. The van der Waals surface area contributed by atoms with Crippen molar-refractivity contribution >= 4 is 18.0 Å². The van der Waals surface area contributed by atoms with Crippen LogP contribution in [0, 0.1) is 5.41 Å². The first-order valence-corrected chi connectivity index (χ1v) is 9.94. The van der Waals surface area contributed by atoms with Crippen molar-refractivity contribution in [2.24, 2.45) is 5.41 Å². The number of carboxylic acid groups (broad SMARTS) is 1. The number of aliphatic carboxylic acids is 1. The van der Waals surface area contributed by atoms with E-state index in [-0.39, 0.29) is 19.1 Å². The summed E-state index contributed by atoms with van der Waals surface area (Å²) in [7, 11) is 0. The van der Waals surface area contributed by atoms with Crippen molar-refractivity contribution in [2.45, 2.75) is 26.2 Å². The summed E-state index contributed by atoms with van der Waals surface area (Å²) in [5.41, 5.74) is 3.61. The summed E-state index contributed by atoms with van der Waals surface area (Å²) in [5, 5.41) is 13.7. The van der Waals surface area contributed by atoms with E-state index in [2.05, 4.69) is 22.8 Å². The Morgan fingerprint density at radius 3 is 2.10 bits per heavy atom. The number of carbonyl (C=O) groups excluding carboxylic acids is 2. The first-order valence-electron chi connectivity index (χ1n) is 9.94. The second kappa shape index (κ2) is 8.98. The summed E-state index contributed by atoms with van der Waals surface area (Å²) in [6, 6.07) is 16.2. The van der Waals surface area contributed by atoms with Crippen molar-refractivity contribution in [3.63, 3.8) is 0 Å². The van der Waals surface area contributed by atoms with Crippen LogP contribution < -0.4 is 10.6 Å². The quantitative estimate of drug-likeness (QED) is 0.620. The van der Waals surface area contributed by atoms with Crippen molar-refractivity contribution in [1.82, 2.24) is 10.6 Å². The Kier molecular flexibility index (Phi) is 6.40. The predicted octanol–water partition coefficient (Wildman–Crippen LogP) is 3.14. The van der Waals surface area contributed by atoms with Gasteiger partial charge in [0, 0.05) is 12.5 Å². The van der Waals surface area contributed by atoms with Gasteiger partial charge in [0.2, 0.25) is 5.91 Å². The van der Waals surface area contributed by atoms with E-state index in [9.17, 15) is 14.4 Å². The summed E-state index contributed by atoms with van der Waals surface area (Å²) >= 11 is 0. The highest BCUT2D eigenvalue weighted by Crippen LogP contribution is 2.44. The molecule has 2 amide bonds. The summed E-state index contributed by atoms with van der Waals surface area (Å²) < 4.78 is 5.48. The second-order valence-corrected chi connectivity index (χ2v) is 7.67. The average Bonchev–Trinajstić information content (AvgIpc) is 3.08. The van der Waals surface area contributed by atoms with Gasteiger partial charge in [0.15, 0.2) is 0 Å². The van der Waals surface area contributed by atoms with Gasteiger partial charge in [-0.05, 0) is 35.6 Å². The highest BCUT2D eigenvalue weighted by Gasteiger charge is 2.33. The molecular weight excluding hydrogens is 384 g/mol. The largest absolute Gasteiger partial charge is 0.480 e. The number of hydrogen-bond donors (Lipinski definition) is 3. The molecule has 2 aromatic rings. The van der Waals surface area contributed by atoms with Gasteiger partial charge in [0.1, 0.15) is 13.2 Å². The molecule has 30 heavy (non-hydrogen) atoms. The molecule has 0 aromatic heterocycles. The number of rotatable bonds is 8. The lowest BCUT2D eigenvalue weighted by Gasteiger charge is -2.26. The van der Waals surface area contributed by atoms with Gasteiger partial charge in [-0.25, -0.2) is 4.79 Å². The van der Waals surface area contributed by atoms with Crippen molar-refractivity contribution < 1.29 is 24.2 Å². The average molecular weight is 410 g/mol. The molecule has 0 saturated carbocycles. The topological polar surface area (TPSA) is 105 Å². The molecule has 1 aliphatic carbocycles. The molecule has 3 rings (SSSR count). The van der Waals surface area contributed by atoms with Crippen molar-refractivity contribution in [3.8, 4) is 11.1 Å². The Hall–Kier alpha value is -3.35. The van der Waals surface area contributed by atoms with E-state index < -0.39 is 29.9 Å². The molecule has 158 valence electrons. The van der Waals surface area contributed by atoms with Crippen molar-refractivity contribution in [3.05, 3.63) is 59.7 Å². The molecular formula is C23H26N2O5. The fourth-order valence-electron chi connectivity index (χ4n) is 3.65. The number of amides is 2. The first kappa shape index (κ1) is 21.4. The lowest BCUT2D eigenvalue weighted by atomic mass is 9.86. The molecule has 0 heterocycles. The van der Waals surface area contributed by atoms with Gasteiger partial charge in [0.05, 0.1) is 5.41 Å². The van der Waals surface area contributed by atoms with E-state index in [1.807, 2.05) is 36.4 Å². The molecule has 0 saturated heterocycles. The summed E-state index contributed by atoms with van der Waals surface area (Å²) in [5.74, 6) is -1.59. The number of fused-ring (bicyclic) bond motifs is 3. The molecule has 0 spiro atoms. The Balaban J connectivity index is 1.60. The van der Waals surface area contributed by atoms with Crippen LogP contribution >= 0.6 is 0 Å². The SMILES string of the molecule is CCC(C)(CNC(=O)OCC1c2ccccc2-c2ccccc21)C(=O)NCC(=O)O. The van der Waals surface area contributed by atoms with Gasteiger partial charge in [-0.15, -0.1) is 0 Å². The maximum Gasteiger partial charge on any atom is 0.407 e. The van der Waals surface area contributed by atoms with Gasteiger partial charge in [0.25, 0.3) is 0 Å². The summed E-state index contributed by atoms with van der Waals surface area (Å²) in [4.78, 5) is 35.3. The van der Waals surface area contributed by atoms with Crippen molar-refractivity contribution in [1.29, 1.82) is 0 Å². The Morgan fingerprint density at radius 1 is 1.00 bits per heavy atom. The number of nitrogens with one attached hydrogen (secondary N) is 2. The zero-order chi connectivity index (χ0) is 21.7. The summed E-state index contributed by atoms with van der Waals surface area (Å²) in [6.45, 7) is 3.26. The molecule has 3 N–H and O–H groups in total. The van der Waals surface area contributed by atoms with E-state index in [0.717, 1.165) is 22.3 Å². The Bertz CT molecular complexity index is 913. The van der Waals surface area contributed by atoms with Gasteiger partial charge in [-0.1, -0.05) is 55.5 Å². The highest BCUT2D eigenvalue weighted by atomic mass is 16.5. The maximum atomic E-state index is 12.3. The molecule has 1 unspecified atom stereocenters. The minimum atomic E-state index is -1.12. The van der Waals surface area contributed by atoms with Crippen LogP contribution in [0.4, 0.5) is 4.79 Å². The van der Waals surface area contributed by atoms with E-state index in [1.54, 1.807) is 13.8 Å². The van der Waals surface area contributed by atoms with Crippen LogP contribution in [-0.2, 0) is 14.3 Å². The number of ether oxygens (including phenoxy) is 1. The van der Waals surface area contributed by atoms with Gasteiger partial charge in [-0.3, -0.25) is 9.59 Å². The number of carbonyl (C=O) groups is 3. The highest BCUT2D eigenvalue weighted by molar-refractivity contribution is 5.86. The molecule has 7 nitrogen and oxygen atoms in total. The number of alkyl carbamates (subject to hydrolysis) is 1. The third-order valence-corrected chi connectivity index (χ3v) is 5.70.